The van der Waals surface area contributed by atoms with Crippen LogP contribution in [0, 0.1) is 5.92 Å². The van der Waals surface area contributed by atoms with Gasteiger partial charge in [-0.1, -0.05) is 26.0 Å². The Morgan fingerprint density at radius 3 is 2.45 bits per heavy atom. The number of carboxylic acid groups (broad SMARTS) is 1. The molecule has 1 aromatic carbocycles. The van der Waals surface area contributed by atoms with E-state index in [-0.39, 0.29) is 22.4 Å². The van der Waals surface area contributed by atoms with Crippen molar-refractivity contribution in [3.05, 3.63) is 29.8 Å². The average Bonchev–Trinajstić information content (AvgIpc) is 3.19. The summed E-state index contributed by atoms with van der Waals surface area (Å²) in [6, 6.07) is 5.81. The van der Waals surface area contributed by atoms with Crippen molar-refractivity contribution in [3.63, 3.8) is 0 Å². The number of sulfonamides is 1. The molecule has 1 fully saturated rings. The second-order valence-corrected chi connectivity index (χ2v) is 7.36. The van der Waals surface area contributed by atoms with Crippen LogP contribution in [-0.4, -0.2) is 36.4 Å². The summed E-state index contributed by atoms with van der Waals surface area (Å²) in [5.74, 6) is -1.02. The van der Waals surface area contributed by atoms with E-state index in [9.17, 15) is 13.2 Å². The van der Waals surface area contributed by atoms with Gasteiger partial charge in [0.05, 0.1) is 10.5 Å². The smallest absolute Gasteiger partial charge is 0.337 e. The van der Waals surface area contributed by atoms with Gasteiger partial charge in [-0.05, 0) is 30.9 Å². The van der Waals surface area contributed by atoms with Crippen LogP contribution in [0.15, 0.2) is 29.2 Å². The minimum Gasteiger partial charge on any atom is -0.478 e. The van der Waals surface area contributed by atoms with E-state index in [1.807, 2.05) is 13.8 Å². The van der Waals surface area contributed by atoms with Crippen molar-refractivity contribution >= 4 is 16.0 Å². The third-order valence-electron chi connectivity index (χ3n) is 3.20. The lowest BCUT2D eigenvalue weighted by Gasteiger charge is -2.24. The van der Waals surface area contributed by atoms with Crippen LogP contribution in [0.5, 0.6) is 0 Å². The molecule has 1 aromatic rings. The van der Waals surface area contributed by atoms with Gasteiger partial charge >= 0.3 is 5.97 Å². The second-order valence-electron chi connectivity index (χ2n) is 5.50. The lowest BCUT2D eigenvalue weighted by Crippen LogP contribution is -2.36. The molecule has 1 saturated carbocycles. The molecule has 1 N–H and O–H groups in total. The minimum absolute atomic E-state index is 0.0178. The number of aromatic carboxylic acids is 1. The van der Waals surface area contributed by atoms with Crippen LogP contribution in [0.3, 0.4) is 0 Å². The Morgan fingerprint density at radius 1 is 1.35 bits per heavy atom. The highest BCUT2D eigenvalue weighted by atomic mass is 32.2. The zero-order chi connectivity index (χ0) is 14.9. The molecule has 1 aliphatic rings. The van der Waals surface area contributed by atoms with Gasteiger partial charge in [-0.3, -0.25) is 0 Å². The first-order valence-electron chi connectivity index (χ1n) is 6.68. The lowest BCUT2D eigenvalue weighted by atomic mass is 10.2. The van der Waals surface area contributed by atoms with Crippen LogP contribution in [0.2, 0.25) is 0 Å². The molecule has 0 unspecified atom stereocenters. The van der Waals surface area contributed by atoms with Crippen molar-refractivity contribution in [3.8, 4) is 0 Å². The van der Waals surface area contributed by atoms with E-state index in [4.69, 9.17) is 5.11 Å². The number of hydrogen-bond donors (Lipinski definition) is 1. The van der Waals surface area contributed by atoms with Gasteiger partial charge in [-0.2, -0.15) is 4.31 Å². The van der Waals surface area contributed by atoms with E-state index >= 15 is 0 Å². The third kappa shape index (κ3) is 3.02. The van der Waals surface area contributed by atoms with Gasteiger partial charge < -0.3 is 5.11 Å². The third-order valence-corrected chi connectivity index (χ3v) is 5.18. The van der Waals surface area contributed by atoms with Crippen LogP contribution in [0.4, 0.5) is 0 Å². The number of carbonyl (C=O) groups is 1. The maximum absolute atomic E-state index is 12.7. The largest absolute Gasteiger partial charge is 0.478 e. The van der Waals surface area contributed by atoms with E-state index in [1.54, 1.807) is 6.07 Å². The summed E-state index contributed by atoms with van der Waals surface area (Å²) in [5.41, 5.74) is -0.165. The Hall–Kier alpha value is -1.40. The van der Waals surface area contributed by atoms with Crippen molar-refractivity contribution in [2.75, 3.05) is 6.54 Å². The van der Waals surface area contributed by atoms with Crippen LogP contribution in [0.1, 0.15) is 37.0 Å². The molecule has 110 valence electrons. The molecular weight excluding hydrogens is 278 g/mol. The summed E-state index contributed by atoms with van der Waals surface area (Å²) in [5, 5.41) is 9.16. The monoisotopic (exact) mass is 297 g/mol. The Labute approximate surface area is 119 Å². The Morgan fingerprint density at radius 2 is 1.95 bits per heavy atom. The zero-order valence-corrected chi connectivity index (χ0v) is 12.4. The number of carboxylic acids is 1. The van der Waals surface area contributed by atoms with Crippen molar-refractivity contribution in [2.45, 2.75) is 37.6 Å². The molecule has 0 bridgehead atoms. The predicted octanol–water partition coefficient (Wildman–Crippen LogP) is 2.19. The number of hydrogen-bond acceptors (Lipinski definition) is 3. The zero-order valence-electron chi connectivity index (χ0n) is 11.6. The van der Waals surface area contributed by atoms with Crippen LogP contribution >= 0.6 is 0 Å². The van der Waals surface area contributed by atoms with Gasteiger partial charge in [0.15, 0.2) is 0 Å². The fourth-order valence-electron chi connectivity index (χ4n) is 2.16. The van der Waals surface area contributed by atoms with Gasteiger partial charge in [0.1, 0.15) is 0 Å². The number of benzene rings is 1. The average molecular weight is 297 g/mol. The van der Waals surface area contributed by atoms with Crippen LogP contribution < -0.4 is 0 Å². The second kappa shape index (κ2) is 5.54. The van der Waals surface area contributed by atoms with Gasteiger partial charge in [-0.15, -0.1) is 0 Å². The summed E-state index contributed by atoms with van der Waals surface area (Å²) < 4.78 is 26.9. The Bertz CT molecular complexity index is 605. The van der Waals surface area contributed by atoms with Crippen molar-refractivity contribution in [1.82, 2.24) is 4.31 Å². The van der Waals surface area contributed by atoms with E-state index < -0.39 is 16.0 Å². The molecule has 1 aliphatic carbocycles. The molecule has 0 heterocycles. The fourth-order valence-corrected chi connectivity index (χ4v) is 4.19. The molecule has 0 amide bonds. The first-order valence-corrected chi connectivity index (χ1v) is 8.12. The summed E-state index contributed by atoms with van der Waals surface area (Å²) in [4.78, 5) is 11.1. The van der Waals surface area contributed by atoms with Gasteiger partial charge in [0.25, 0.3) is 0 Å². The molecule has 0 spiro atoms. The molecule has 0 atom stereocenters. The highest BCUT2D eigenvalue weighted by Gasteiger charge is 2.39. The minimum atomic E-state index is -3.76. The van der Waals surface area contributed by atoms with Crippen molar-refractivity contribution in [1.29, 1.82) is 0 Å². The normalized spacial score (nSPS) is 15.8. The van der Waals surface area contributed by atoms with Crippen molar-refractivity contribution in [2.24, 2.45) is 5.92 Å². The summed E-state index contributed by atoms with van der Waals surface area (Å²) in [6.07, 6.45) is 1.70. The van der Waals surface area contributed by atoms with Gasteiger partial charge in [0, 0.05) is 12.6 Å². The Kier molecular flexibility index (Phi) is 4.15. The lowest BCUT2D eigenvalue weighted by molar-refractivity contribution is 0.0692. The predicted molar refractivity (Wildman–Crippen MR) is 75.2 cm³/mol. The summed E-state index contributed by atoms with van der Waals surface area (Å²) in [6.45, 7) is 4.32. The summed E-state index contributed by atoms with van der Waals surface area (Å²) >= 11 is 0. The molecule has 0 aromatic heterocycles. The highest BCUT2D eigenvalue weighted by Crippen LogP contribution is 2.33. The number of nitrogens with zero attached hydrogens (tertiary/aromatic N) is 1. The molecule has 6 heteroatoms. The molecule has 0 saturated heterocycles. The van der Waals surface area contributed by atoms with Crippen LogP contribution in [0.25, 0.3) is 0 Å². The SMILES string of the molecule is CC(C)CN(C1CC1)S(=O)(=O)c1ccccc1C(=O)O. The van der Waals surface area contributed by atoms with E-state index in [0.717, 1.165) is 12.8 Å². The molecule has 2 rings (SSSR count). The first kappa shape index (κ1) is 15.0. The quantitative estimate of drug-likeness (QED) is 0.873. The maximum Gasteiger partial charge on any atom is 0.337 e. The number of rotatable bonds is 6. The van der Waals surface area contributed by atoms with E-state index in [1.165, 1.54) is 22.5 Å². The maximum atomic E-state index is 12.7. The molecule has 0 aliphatic heterocycles. The Balaban J connectivity index is 2.45. The van der Waals surface area contributed by atoms with Gasteiger partial charge in [0.2, 0.25) is 10.0 Å². The molecule has 20 heavy (non-hydrogen) atoms. The fraction of sp³-hybridized carbons (Fsp3) is 0.500. The molecule has 5 nitrogen and oxygen atoms in total. The first-order chi connectivity index (χ1) is 9.34. The van der Waals surface area contributed by atoms with Crippen LogP contribution in [-0.2, 0) is 10.0 Å². The van der Waals surface area contributed by atoms with Crippen molar-refractivity contribution < 1.29 is 18.3 Å². The molecular formula is C14H19NO4S. The van der Waals surface area contributed by atoms with Gasteiger partial charge in [-0.25, -0.2) is 13.2 Å². The van der Waals surface area contributed by atoms with E-state index in [0.29, 0.717) is 6.54 Å². The van der Waals surface area contributed by atoms with E-state index in [2.05, 4.69) is 0 Å². The summed E-state index contributed by atoms with van der Waals surface area (Å²) in [7, 11) is -3.76. The topological polar surface area (TPSA) is 74.7 Å². The standard InChI is InChI=1S/C14H19NO4S/c1-10(2)9-15(11-7-8-11)20(18,19)13-6-4-3-5-12(13)14(16)17/h3-6,10-11H,7-9H2,1-2H3,(H,16,17). The highest BCUT2D eigenvalue weighted by molar-refractivity contribution is 7.89. The molecule has 0 radical (unpaired) electrons.